The minimum absolute atomic E-state index is 0.165. The molecule has 5 atom stereocenters. The highest BCUT2D eigenvalue weighted by Gasteiger charge is 2.68. The molecule has 1 N–H and O–H groups in total. The van der Waals surface area contributed by atoms with Crippen LogP contribution in [0.25, 0.3) is 0 Å². The molecule has 3 aliphatic carbocycles. The fraction of sp³-hybridized carbons (Fsp3) is 0.667. The van der Waals surface area contributed by atoms with Gasteiger partial charge in [0.1, 0.15) is 0 Å². The van der Waals surface area contributed by atoms with Crippen molar-refractivity contribution < 1.29 is 14.4 Å². The summed E-state index contributed by atoms with van der Waals surface area (Å²) in [6, 6.07) is 7.92. The molecule has 1 heterocycles. The highest BCUT2D eigenvalue weighted by atomic mass is 79.9. The van der Waals surface area contributed by atoms with Crippen molar-refractivity contribution in [2.45, 2.75) is 51.4 Å². The number of hydrogen-bond acceptors (Lipinski definition) is 3. The first-order chi connectivity index (χ1) is 10.9. The minimum Gasteiger partial charge on any atom is -0.401 e. The van der Waals surface area contributed by atoms with E-state index in [4.69, 9.17) is 9.31 Å². The summed E-state index contributed by atoms with van der Waals surface area (Å²) in [5.74, 6) is 1.30. The molecule has 0 radical (unpaired) electrons. The fourth-order valence-corrected chi connectivity index (χ4v) is 5.46. The van der Waals surface area contributed by atoms with E-state index in [0.29, 0.717) is 16.7 Å². The quantitative estimate of drug-likeness (QED) is 0.648. The average Bonchev–Trinajstić information content (AvgIpc) is 2.90. The lowest BCUT2D eigenvalue weighted by Crippen LogP contribution is -2.65. The first-order valence-corrected chi connectivity index (χ1v) is 9.66. The third-order valence-electron chi connectivity index (χ3n) is 6.70. The van der Waals surface area contributed by atoms with Crippen LogP contribution in [0.4, 0.5) is 0 Å². The van der Waals surface area contributed by atoms with Gasteiger partial charge in [-0.3, -0.25) is 0 Å². The molecule has 23 heavy (non-hydrogen) atoms. The summed E-state index contributed by atoms with van der Waals surface area (Å²) in [5, 5.41) is 10.8. The third kappa shape index (κ3) is 2.20. The molecule has 3 nitrogen and oxygen atoms in total. The smallest absolute Gasteiger partial charge is 0.401 e. The van der Waals surface area contributed by atoms with Gasteiger partial charge < -0.3 is 14.4 Å². The van der Waals surface area contributed by atoms with Crippen LogP contribution < -0.4 is 5.46 Å². The van der Waals surface area contributed by atoms with Crippen LogP contribution in [0, 0.1) is 17.3 Å². The highest BCUT2D eigenvalue weighted by Crippen LogP contribution is 2.65. The van der Waals surface area contributed by atoms with Gasteiger partial charge in [-0.15, -0.1) is 0 Å². The largest absolute Gasteiger partial charge is 0.495 e. The molecule has 0 amide bonds. The van der Waals surface area contributed by atoms with Crippen LogP contribution in [0.15, 0.2) is 24.3 Å². The van der Waals surface area contributed by atoms with Gasteiger partial charge in [0.05, 0.1) is 17.8 Å². The van der Waals surface area contributed by atoms with Gasteiger partial charge >= 0.3 is 7.12 Å². The number of alkyl halides is 1. The van der Waals surface area contributed by atoms with E-state index in [0.717, 1.165) is 23.4 Å². The van der Waals surface area contributed by atoms with E-state index in [1.54, 1.807) is 0 Å². The van der Waals surface area contributed by atoms with Gasteiger partial charge in [0.25, 0.3) is 0 Å². The van der Waals surface area contributed by atoms with Gasteiger partial charge in [0.15, 0.2) is 0 Å². The van der Waals surface area contributed by atoms with Crippen molar-refractivity contribution in [2.24, 2.45) is 17.3 Å². The SMILES string of the molecule is CC1(C)[C@@H]2C[C@H]3OB(c4ccccc4C(O)CBr)O[C@@]3(C)[C@H]1C2. The predicted octanol–water partition coefficient (Wildman–Crippen LogP) is 3.05. The van der Waals surface area contributed by atoms with Crippen molar-refractivity contribution in [3.63, 3.8) is 0 Å². The Morgan fingerprint density at radius 2 is 2.04 bits per heavy atom. The molecule has 2 bridgehead atoms. The van der Waals surface area contributed by atoms with Gasteiger partial charge in [-0.25, -0.2) is 0 Å². The van der Waals surface area contributed by atoms with Crippen LogP contribution in [0.1, 0.15) is 45.3 Å². The second kappa shape index (κ2) is 5.32. The maximum Gasteiger partial charge on any atom is 0.495 e. The van der Waals surface area contributed by atoms with E-state index >= 15 is 0 Å². The molecule has 1 aromatic carbocycles. The van der Waals surface area contributed by atoms with Gasteiger partial charge in [-0.05, 0) is 48.0 Å². The van der Waals surface area contributed by atoms with Gasteiger partial charge in [-0.2, -0.15) is 0 Å². The maximum absolute atomic E-state index is 10.3. The molecular formula is C18H24BBrO3. The second-order valence-corrected chi connectivity index (χ2v) is 8.75. The monoisotopic (exact) mass is 378 g/mol. The van der Waals surface area contributed by atoms with E-state index in [1.165, 1.54) is 6.42 Å². The van der Waals surface area contributed by atoms with E-state index < -0.39 is 6.10 Å². The molecule has 1 aromatic rings. The molecule has 0 aromatic heterocycles. The number of aliphatic hydroxyl groups is 1. The van der Waals surface area contributed by atoms with E-state index in [-0.39, 0.29) is 18.8 Å². The summed E-state index contributed by atoms with van der Waals surface area (Å²) in [6.45, 7) is 6.96. The van der Waals surface area contributed by atoms with Crippen LogP contribution in [0.2, 0.25) is 0 Å². The maximum atomic E-state index is 10.3. The van der Waals surface area contributed by atoms with Crippen LogP contribution in [0.3, 0.4) is 0 Å². The zero-order chi connectivity index (χ0) is 16.4. The number of benzene rings is 1. The molecule has 1 saturated heterocycles. The van der Waals surface area contributed by atoms with Crippen LogP contribution in [0.5, 0.6) is 0 Å². The standard InChI is InChI=1S/C18H24BBrO3/c1-17(2)11-8-15(17)18(3)16(9-11)22-19(23-18)13-7-5-4-6-12(13)14(21)10-20/h4-7,11,14-16,21H,8-10H2,1-3H3/t11-,14?,15-,16+,18-/m0/s1. The molecular weight excluding hydrogens is 355 g/mol. The van der Waals surface area contributed by atoms with Crippen molar-refractivity contribution in [3.8, 4) is 0 Å². The Balaban J connectivity index is 1.65. The molecule has 1 unspecified atom stereocenters. The Kier molecular flexibility index (Phi) is 3.73. The lowest BCUT2D eigenvalue weighted by molar-refractivity contribution is -0.199. The molecule has 5 heteroatoms. The van der Waals surface area contributed by atoms with Crippen molar-refractivity contribution in [1.29, 1.82) is 0 Å². The number of hydrogen-bond donors (Lipinski definition) is 1. The first kappa shape index (κ1) is 16.1. The first-order valence-electron chi connectivity index (χ1n) is 8.54. The molecule has 4 aliphatic rings. The van der Waals surface area contributed by atoms with Crippen molar-refractivity contribution in [1.82, 2.24) is 0 Å². The van der Waals surface area contributed by atoms with Crippen LogP contribution >= 0.6 is 15.9 Å². The van der Waals surface area contributed by atoms with Gasteiger partial charge in [-0.1, -0.05) is 54.0 Å². The third-order valence-corrected chi connectivity index (χ3v) is 7.32. The lowest BCUT2D eigenvalue weighted by Gasteiger charge is -2.64. The minimum atomic E-state index is -0.543. The molecule has 1 aliphatic heterocycles. The lowest BCUT2D eigenvalue weighted by atomic mass is 9.43. The fourth-order valence-electron chi connectivity index (χ4n) is 5.11. The summed E-state index contributed by atoms with van der Waals surface area (Å²) >= 11 is 3.37. The Hall–Kier alpha value is -0.355. The van der Waals surface area contributed by atoms with Crippen molar-refractivity contribution in [2.75, 3.05) is 5.33 Å². The highest BCUT2D eigenvalue weighted by molar-refractivity contribution is 9.09. The summed E-state index contributed by atoms with van der Waals surface area (Å²) in [4.78, 5) is 0. The predicted molar refractivity (Wildman–Crippen MR) is 94.9 cm³/mol. The van der Waals surface area contributed by atoms with E-state index in [2.05, 4.69) is 36.7 Å². The summed E-state index contributed by atoms with van der Waals surface area (Å²) in [7, 11) is -0.370. The van der Waals surface area contributed by atoms with E-state index in [9.17, 15) is 5.11 Å². The zero-order valence-corrected chi connectivity index (χ0v) is 15.5. The van der Waals surface area contributed by atoms with Gasteiger partial charge in [0, 0.05) is 5.33 Å². The zero-order valence-electron chi connectivity index (χ0n) is 14.0. The van der Waals surface area contributed by atoms with Gasteiger partial charge in [0.2, 0.25) is 0 Å². The topological polar surface area (TPSA) is 38.7 Å². The molecule has 0 spiro atoms. The number of aliphatic hydroxyl groups excluding tert-OH is 1. The second-order valence-electron chi connectivity index (χ2n) is 8.10. The molecule has 4 fully saturated rings. The Labute approximate surface area is 147 Å². The Morgan fingerprint density at radius 3 is 2.74 bits per heavy atom. The van der Waals surface area contributed by atoms with Crippen LogP contribution in [-0.4, -0.2) is 29.3 Å². The van der Waals surface area contributed by atoms with Crippen molar-refractivity contribution >= 4 is 28.5 Å². The summed E-state index contributed by atoms with van der Waals surface area (Å²) in [5.41, 5.74) is 1.99. The molecule has 3 saturated carbocycles. The number of halogens is 1. The number of rotatable bonds is 3. The van der Waals surface area contributed by atoms with E-state index in [1.807, 2.05) is 24.3 Å². The molecule has 5 rings (SSSR count). The summed E-state index contributed by atoms with van der Waals surface area (Å²) < 4.78 is 12.8. The Morgan fingerprint density at radius 1 is 1.30 bits per heavy atom. The summed E-state index contributed by atoms with van der Waals surface area (Å²) in [6.07, 6.45) is 1.96. The van der Waals surface area contributed by atoms with Crippen molar-refractivity contribution in [3.05, 3.63) is 29.8 Å². The average molecular weight is 379 g/mol. The van der Waals surface area contributed by atoms with Crippen LogP contribution in [-0.2, 0) is 9.31 Å². The Bertz CT molecular complexity index is 622. The molecule has 124 valence electrons. The normalized spacial score (nSPS) is 38.8.